The van der Waals surface area contributed by atoms with Gasteiger partial charge in [0, 0.05) is 37.4 Å². The molecule has 2 bridgehead atoms. The number of aromatic nitrogens is 5. The largest absolute Gasteiger partial charge is 0.479 e. The molecular weight excluding hydrogens is 471 g/mol. The van der Waals surface area contributed by atoms with E-state index in [9.17, 15) is 13.2 Å². The molecule has 0 spiro atoms. The Hall–Kier alpha value is -3.37. The summed E-state index contributed by atoms with van der Waals surface area (Å²) in [4.78, 5) is 15.7. The van der Waals surface area contributed by atoms with Crippen molar-refractivity contribution in [2.45, 2.75) is 57.7 Å². The van der Waals surface area contributed by atoms with Crippen LogP contribution in [0.3, 0.4) is 0 Å². The average molecular weight is 500 g/mol. The molecule has 8 nitrogen and oxygen atoms in total. The summed E-state index contributed by atoms with van der Waals surface area (Å²) >= 11 is 0. The summed E-state index contributed by atoms with van der Waals surface area (Å²) in [6, 6.07) is 4.26. The molecule has 36 heavy (non-hydrogen) atoms. The van der Waals surface area contributed by atoms with Crippen LogP contribution in [0, 0.1) is 36.2 Å². The molecule has 1 saturated heterocycles. The molecule has 1 aliphatic carbocycles. The maximum absolute atomic E-state index is 14.3. The molecule has 4 atom stereocenters. The number of halogens is 3. The third kappa shape index (κ3) is 4.24. The van der Waals surface area contributed by atoms with Gasteiger partial charge in [-0.25, -0.2) is 23.4 Å². The molecule has 4 heterocycles. The van der Waals surface area contributed by atoms with Crippen LogP contribution in [0.5, 0.6) is 5.75 Å². The van der Waals surface area contributed by atoms with E-state index >= 15 is 0 Å². The number of aryl methyl sites for hydroxylation is 2. The second-order valence-electron chi connectivity index (χ2n) is 9.98. The normalized spacial score (nSPS) is 25.4. The maximum atomic E-state index is 14.3. The minimum absolute atomic E-state index is 0.249. The second kappa shape index (κ2) is 9.25. The van der Waals surface area contributed by atoms with Gasteiger partial charge in [0.15, 0.2) is 29.3 Å². The van der Waals surface area contributed by atoms with Crippen molar-refractivity contribution in [1.82, 2.24) is 24.7 Å². The SMILES string of the molecule is Cc1cc(N2C[C@H]3CC[C@@H](C2)C3Nc2nc3n(n2)CCCC[C@H]3Oc2ccc(F)c(F)c2F)ncn1. The van der Waals surface area contributed by atoms with E-state index in [4.69, 9.17) is 9.72 Å². The lowest BCUT2D eigenvalue weighted by Gasteiger charge is -2.38. The van der Waals surface area contributed by atoms with E-state index in [1.165, 1.54) is 0 Å². The Morgan fingerprint density at radius 3 is 2.58 bits per heavy atom. The van der Waals surface area contributed by atoms with E-state index in [1.54, 1.807) is 11.0 Å². The van der Waals surface area contributed by atoms with Gasteiger partial charge < -0.3 is 15.0 Å². The van der Waals surface area contributed by atoms with E-state index in [1.807, 2.05) is 13.0 Å². The number of fused-ring (bicyclic) bond motifs is 3. The van der Waals surface area contributed by atoms with E-state index in [0.717, 1.165) is 62.4 Å². The zero-order valence-electron chi connectivity index (χ0n) is 20.0. The second-order valence-corrected chi connectivity index (χ2v) is 9.98. The third-order valence-electron chi connectivity index (χ3n) is 7.59. The van der Waals surface area contributed by atoms with Crippen molar-refractivity contribution < 1.29 is 17.9 Å². The number of nitrogens with one attached hydrogen (secondary N) is 1. The predicted molar refractivity (Wildman–Crippen MR) is 126 cm³/mol. The summed E-state index contributed by atoms with van der Waals surface area (Å²) in [7, 11) is 0. The number of ether oxygens (including phenoxy) is 1. The van der Waals surface area contributed by atoms with Crippen LogP contribution in [0.2, 0.25) is 0 Å². The minimum Gasteiger partial charge on any atom is -0.479 e. The molecule has 3 aromatic rings. The lowest BCUT2D eigenvalue weighted by atomic mass is 9.92. The Bertz CT molecular complexity index is 1250. The zero-order valence-corrected chi connectivity index (χ0v) is 20.0. The first-order valence-electron chi connectivity index (χ1n) is 12.5. The molecule has 0 amide bonds. The molecule has 6 rings (SSSR count). The lowest BCUT2D eigenvalue weighted by molar-refractivity contribution is 0.172. The Balaban J connectivity index is 1.19. The Kier molecular flexibility index (Phi) is 5.93. The fourth-order valence-electron chi connectivity index (χ4n) is 5.81. The fraction of sp³-hybridized carbons (Fsp3) is 0.520. The smallest absolute Gasteiger partial charge is 0.242 e. The fourth-order valence-corrected chi connectivity index (χ4v) is 5.81. The van der Waals surface area contributed by atoms with Crippen molar-refractivity contribution in [2.24, 2.45) is 11.8 Å². The van der Waals surface area contributed by atoms with Gasteiger partial charge in [0.25, 0.3) is 0 Å². The standard InChI is InChI=1S/C25H28F3N7O/c1-14-10-20(30-13-29-14)34-11-15-5-6-16(12-34)23(15)31-25-32-24-19(4-2-3-9-35(24)33-25)36-18-8-7-17(26)21(27)22(18)28/h7-8,10,13,15-16,19,23H,2-6,9,11-12H2,1H3,(H,31,33)/t15-,16+,19-,23?/m1/s1. The van der Waals surface area contributed by atoms with E-state index in [0.29, 0.717) is 36.6 Å². The van der Waals surface area contributed by atoms with Gasteiger partial charge in [-0.15, -0.1) is 5.10 Å². The molecule has 1 aromatic carbocycles. The molecule has 1 N–H and O–H groups in total. The van der Waals surface area contributed by atoms with E-state index in [2.05, 4.69) is 25.3 Å². The number of hydrogen-bond acceptors (Lipinski definition) is 7. The van der Waals surface area contributed by atoms with E-state index in [-0.39, 0.29) is 11.8 Å². The van der Waals surface area contributed by atoms with Crippen molar-refractivity contribution in [2.75, 3.05) is 23.3 Å². The van der Waals surface area contributed by atoms with Gasteiger partial charge >= 0.3 is 0 Å². The Morgan fingerprint density at radius 2 is 1.81 bits per heavy atom. The Morgan fingerprint density at radius 1 is 1.00 bits per heavy atom. The number of anilines is 2. The van der Waals surface area contributed by atoms with Crippen LogP contribution < -0.4 is 15.0 Å². The Labute approximate surface area is 206 Å². The summed E-state index contributed by atoms with van der Waals surface area (Å²) in [6.07, 6.45) is 5.54. The number of benzene rings is 1. The van der Waals surface area contributed by atoms with Gasteiger partial charge in [-0.1, -0.05) is 0 Å². The molecule has 190 valence electrons. The summed E-state index contributed by atoms with van der Waals surface area (Å²) in [5.74, 6) is -1.50. The summed E-state index contributed by atoms with van der Waals surface area (Å²) in [5.41, 5.74) is 0.955. The molecule has 11 heteroatoms. The van der Waals surface area contributed by atoms with Crippen molar-refractivity contribution >= 4 is 11.8 Å². The molecule has 3 aliphatic rings. The highest BCUT2D eigenvalue weighted by atomic mass is 19.2. The number of hydrogen-bond donors (Lipinski definition) is 1. The maximum Gasteiger partial charge on any atom is 0.242 e. The van der Waals surface area contributed by atoms with Crippen LogP contribution in [-0.4, -0.2) is 43.9 Å². The van der Waals surface area contributed by atoms with Crippen LogP contribution in [0.1, 0.15) is 49.7 Å². The quantitative estimate of drug-likeness (QED) is 0.521. The number of piperidine rings is 1. The highest BCUT2D eigenvalue weighted by molar-refractivity contribution is 5.41. The topological polar surface area (TPSA) is 81.0 Å². The minimum atomic E-state index is -1.54. The molecule has 1 unspecified atom stereocenters. The van der Waals surface area contributed by atoms with Crippen LogP contribution in [-0.2, 0) is 6.54 Å². The third-order valence-corrected chi connectivity index (χ3v) is 7.59. The highest BCUT2D eigenvalue weighted by Gasteiger charge is 2.43. The number of nitrogens with zero attached hydrogens (tertiary/aromatic N) is 6. The van der Waals surface area contributed by atoms with Gasteiger partial charge in [-0.3, -0.25) is 0 Å². The first-order valence-corrected chi connectivity index (χ1v) is 12.5. The van der Waals surface area contributed by atoms with Gasteiger partial charge in [0.05, 0.1) is 0 Å². The first-order chi connectivity index (χ1) is 17.5. The van der Waals surface area contributed by atoms with Gasteiger partial charge in [-0.2, -0.15) is 9.37 Å². The lowest BCUT2D eigenvalue weighted by Crippen LogP contribution is -2.48. The molecule has 0 radical (unpaired) electrons. The van der Waals surface area contributed by atoms with Crippen LogP contribution in [0.4, 0.5) is 24.9 Å². The van der Waals surface area contributed by atoms with E-state index < -0.39 is 23.6 Å². The predicted octanol–water partition coefficient (Wildman–Crippen LogP) is 4.42. The molecule has 1 saturated carbocycles. The van der Waals surface area contributed by atoms with Crippen molar-refractivity contribution in [3.63, 3.8) is 0 Å². The van der Waals surface area contributed by atoms with Crippen molar-refractivity contribution in [3.8, 4) is 5.75 Å². The van der Waals surface area contributed by atoms with Crippen molar-refractivity contribution in [3.05, 3.63) is 53.5 Å². The first kappa shape index (κ1) is 23.1. The summed E-state index contributed by atoms with van der Waals surface area (Å²) in [5, 5.41) is 8.26. The molecule has 2 aliphatic heterocycles. The molecular formula is C25H28F3N7O. The average Bonchev–Trinajstić information content (AvgIpc) is 3.29. The summed E-state index contributed by atoms with van der Waals surface area (Å²) < 4.78 is 49.0. The van der Waals surface area contributed by atoms with Crippen LogP contribution >= 0.6 is 0 Å². The van der Waals surface area contributed by atoms with Gasteiger partial charge in [-0.05, 0) is 63.0 Å². The van der Waals surface area contributed by atoms with Gasteiger partial charge in [0.1, 0.15) is 12.1 Å². The van der Waals surface area contributed by atoms with Crippen LogP contribution in [0.15, 0.2) is 24.5 Å². The number of rotatable bonds is 5. The summed E-state index contributed by atoms with van der Waals surface area (Å²) in [6.45, 7) is 4.45. The van der Waals surface area contributed by atoms with Crippen molar-refractivity contribution in [1.29, 1.82) is 0 Å². The van der Waals surface area contributed by atoms with Gasteiger partial charge in [0.2, 0.25) is 11.8 Å². The molecule has 2 aromatic heterocycles. The molecule has 2 fully saturated rings. The monoisotopic (exact) mass is 499 g/mol. The highest BCUT2D eigenvalue weighted by Crippen LogP contribution is 2.40. The van der Waals surface area contributed by atoms with Crippen LogP contribution in [0.25, 0.3) is 0 Å². The zero-order chi connectivity index (χ0) is 24.8.